The highest BCUT2D eigenvalue weighted by Gasteiger charge is 2.36. The SMILES string of the molecule is C=C[C@H](C)[C@H](O)[C@@H](C)C(OCc1ccc(OC)cc1)[C@H](C)[C@@H](O)[C@@H](C)C=C. The lowest BCUT2D eigenvalue weighted by atomic mass is 9.79. The number of benzene rings is 1. The smallest absolute Gasteiger partial charge is 0.118 e. The van der Waals surface area contributed by atoms with E-state index >= 15 is 0 Å². The van der Waals surface area contributed by atoms with Gasteiger partial charge >= 0.3 is 0 Å². The van der Waals surface area contributed by atoms with Gasteiger partial charge in [0.05, 0.1) is 32.0 Å². The van der Waals surface area contributed by atoms with Crippen LogP contribution < -0.4 is 4.74 Å². The largest absolute Gasteiger partial charge is 0.497 e. The van der Waals surface area contributed by atoms with Gasteiger partial charge in [-0.1, -0.05) is 52.0 Å². The molecule has 2 N–H and O–H groups in total. The lowest BCUT2D eigenvalue weighted by molar-refractivity contribution is -0.102. The monoisotopic (exact) mass is 376 g/mol. The fourth-order valence-electron chi connectivity index (χ4n) is 3.32. The number of methoxy groups -OCH3 is 1. The Kier molecular flexibility index (Phi) is 9.78. The fraction of sp³-hybridized carbons (Fsp3) is 0.565. The number of hydrogen-bond donors (Lipinski definition) is 2. The summed E-state index contributed by atoms with van der Waals surface area (Å²) in [7, 11) is 1.63. The Morgan fingerprint density at radius 3 is 1.70 bits per heavy atom. The molecule has 0 aliphatic carbocycles. The van der Waals surface area contributed by atoms with Crippen molar-refractivity contribution in [3.8, 4) is 5.75 Å². The third-order valence-corrected chi connectivity index (χ3v) is 5.54. The van der Waals surface area contributed by atoms with Crippen molar-refractivity contribution in [1.82, 2.24) is 0 Å². The molecule has 4 heteroatoms. The molecule has 0 spiro atoms. The van der Waals surface area contributed by atoms with Crippen LogP contribution in [0.25, 0.3) is 0 Å². The molecule has 1 aromatic carbocycles. The van der Waals surface area contributed by atoms with Crippen molar-refractivity contribution in [2.45, 2.75) is 52.6 Å². The number of rotatable bonds is 12. The second kappa shape index (κ2) is 11.3. The summed E-state index contributed by atoms with van der Waals surface area (Å²) in [5.74, 6) is 0.333. The molecular weight excluding hydrogens is 340 g/mol. The van der Waals surface area contributed by atoms with E-state index in [1.165, 1.54) is 0 Å². The molecule has 27 heavy (non-hydrogen) atoms. The topological polar surface area (TPSA) is 58.9 Å². The highest BCUT2D eigenvalue weighted by Crippen LogP contribution is 2.30. The predicted molar refractivity (Wildman–Crippen MR) is 111 cm³/mol. The quantitative estimate of drug-likeness (QED) is 0.536. The molecule has 0 saturated carbocycles. The molecule has 0 bridgehead atoms. The van der Waals surface area contributed by atoms with Crippen LogP contribution >= 0.6 is 0 Å². The van der Waals surface area contributed by atoms with Gasteiger partial charge in [0.25, 0.3) is 0 Å². The molecule has 1 rings (SSSR count). The normalized spacial score (nSPS) is 19.2. The van der Waals surface area contributed by atoms with Crippen LogP contribution in [0.1, 0.15) is 33.3 Å². The summed E-state index contributed by atoms with van der Waals surface area (Å²) in [6, 6.07) is 7.70. The summed E-state index contributed by atoms with van der Waals surface area (Å²) in [6.07, 6.45) is 1.97. The minimum atomic E-state index is -0.600. The molecule has 0 amide bonds. The molecule has 0 aromatic heterocycles. The van der Waals surface area contributed by atoms with Crippen molar-refractivity contribution in [3.63, 3.8) is 0 Å². The minimum absolute atomic E-state index is 0.0618. The molecule has 0 unspecified atom stereocenters. The standard InChI is InChI=1S/C23H36O4/c1-8-15(3)21(24)17(5)23(18(6)22(25)16(4)9-2)27-14-19-10-12-20(26-7)13-11-19/h8-13,15-18,21-25H,1-2,14H2,3-7H3/t15-,16-,17+,18+,21-,22-/m0/s1. The maximum Gasteiger partial charge on any atom is 0.118 e. The average Bonchev–Trinajstić information content (AvgIpc) is 2.71. The maximum absolute atomic E-state index is 10.7. The molecule has 0 aliphatic heterocycles. The number of aliphatic hydroxyl groups is 2. The van der Waals surface area contributed by atoms with Gasteiger partial charge in [0, 0.05) is 23.7 Å². The fourth-order valence-corrected chi connectivity index (χ4v) is 3.32. The van der Waals surface area contributed by atoms with Crippen molar-refractivity contribution in [2.24, 2.45) is 23.7 Å². The highest BCUT2D eigenvalue weighted by molar-refractivity contribution is 5.26. The molecule has 0 aliphatic rings. The van der Waals surface area contributed by atoms with Gasteiger partial charge in [-0.2, -0.15) is 0 Å². The number of aliphatic hydroxyl groups excluding tert-OH is 2. The summed E-state index contributed by atoms with van der Waals surface area (Å²) in [6.45, 7) is 15.7. The summed E-state index contributed by atoms with van der Waals surface area (Å²) >= 11 is 0. The van der Waals surface area contributed by atoms with E-state index in [1.807, 2.05) is 52.0 Å². The first-order chi connectivity index (χ1) is 12.8. The van der Waals surface area contributed by atoms with Crippen LogP contribution in [0, 0.1) is 23.7 Å². The second-order valence-electron chi connectivity index (χ2n) is 7.51. The Balaban J connectivity index is 2.97. The van der Waals surface area contributed by atoms with Gasteiger partial charge in [-0.05, 0) is 17.7 Å². The van der Waals surface area contributed by atoms with Gasteiger partial charge in [0.15, 0.2) is 0 Å². The third kappa shape index (κ3) is 6.49. The van der Waals surface area contributed by atoms with Gasteiger partial charge in [0.2, 0.25) is 0 Å². The molecular formula is C23H36O4. The Morgan fingerprint density at radius 1 is 0.889 bits per heavy atom. The minimum Gasteiger partial charge on any atom is -0.497 e. The Labute approximate surface area is 164 Å². The van der Waals surface area contributed by atoms with Gasteiger partial charge in [-0.15, -0.1) is 13.2 Å². The van der Waals surface area contributed by atoms with Gasteiger partial charge in [-0.25, -0.2) is 0 Å². The summed E-state index contributed by atoms with van der Waals surface area (Å²) < 4.78 is 11.4. The second-order valence-corrected chi connectivity index (χ2v) is 7.51. The molecule has 4 nitrogen and oxygen atoms in total. The predicted octanol–water partition coefficient (Wildman–Crippen LogP) is 4.22. The van der Waals surface area contributed by atoms with Gasteiger partial charge < -0.3 is 19.7 Å². The van der Waals surface area contributed by atoms with Crippen molar-refractivity contribution in [2.75, 3.05) is 7.11 Å². The summed E-state index contributed by atoms with van der Waals surface area (Å²) in [5, 5.41) is 21.4. The van der Waals surface area contributed by atoms with Crippen molar-refractivity contribution in [3.05, 3.63) is 55.1 Å². The van der Waals surface area contributed by atoms with Crippen molar-refractivity contribution >= 4 is 0 Å². The molecule has 0 heterocycles. The van der Waals surface area contributed by atoms with E-state index in [2.05, 4.69) is 13.2 Å². The first kappa shape index (κ1) is 23.4. The van der Waals surface area contributed by atoms with E-state index in [0.29, 0.717) is 6.61 Å². The Hall–Kier alpha value is -1.62. The van der Waals surface area contributed by atoms with Crippen LogP contribution in [0.2, 0.25) is 0 Å². The van der Waals surface area contributed by atoms with E-state index in [-0.39, 0.29) is 29.8 Å². The molecule has 0 fully saturated rings. The maximum atomic E-state index is 10.7. The zero-order valence-corrected chi connectivity index (χ0v) is 17.3. The van der Waals surface area contributed by atoms with Crippen LogP contribution in [0.5, 0.6) is 5.75 Å². The van der Waals surface area contributed by atoms with E-state index in [0.717, 1.165) is 11.3 Å². The third-order valence-electron chi connectivity index (χ3n) is 5.54. The van der Waals surface area contributed by atoms with Gasteiger partial charge in [-0.3, -0.25) is 0 Å². The molecule has 0 saturated heterocycles. The van der Waals surface area contributed by atoms with Crippen molar-refractivity contribution < 1.29 is 19.7 Å². The van der Waals surface area contributed by atoms with E-state index in [1.54, 1.807) is 19.3 Å². The highest BCUT2D eigenvalue weighted by atomic mass is 16.5. The number of ether oxygens (including phenoxy) is 2. The zero-order valence-electron chi connectivity index (χ0n) is 17.3. The first-order valence-electron chi connectivity index (χ1n) is 9.62. The molecule has 152 valence electrons. The van der Waals surface area contributed by atoms with Crippen LogP contribution in [0.3, 0.4) is 0 Å². The molecule has 6 atom stereocenters. The van der Waals surface area contributed by atoms with Crippen molar-refractivity contribution in [1.29, 1.82) is 0 Å². The number of hydrogen-bond acceptors (Lipinski definition) is 4. The van der Waals surface area contributed by atoms with Crippen LogP contribution in [-0.2, 0) is 11.3 Å². The first-order valence-corrected chi connectivity index (χ1v) is 9.62. The van der Waals surface area contributed by atoms with Crippen LogP contribution in [0.15, 0.2) is 49.6 Å². The van der Waals surface area contributed by atoms with E-state index in [9.17, 15) is 10.2 Å². The average molecular weight is 377 g/mol. The van der Waals surface area contributed by atoms with Crippen LogP contribution in [-0.4, -0.2) is 35.6 Å². The summed E-state index contributed by atoms with van der Waals surface area (Å²) in [5.41, 5.74) is 1.01. The lowest BCUT2D eigenvalue weighted by Gasteiger charge is -2.37. The Bertz CT molecular complexity index is 542. The molecule has 1 aromatic rings. The molecule has 0 radical (unpaired) electrons. The zero-order chi connectivity index (χ0) is 20.6. The van der Waals surface area contributed by atoms with E-state index < -0.39 is 12.2 Å². The van der Waals surface area contributed by atoms with Gasteiger partial charge in [0.1, 0.15) is 5.75 Å². The Morgan fingerprint density at radius 2 is 1.33 bits per heavy atom. The van der Waals surface area contributed by atoms with E-state index in [4.69, 9.17) is 9.47 Å². The van der Waals surface area contributed by atoms with Crippen LogP contribution in [0.4, 0.5) is 0 Å². The summed E-state index contributed by atoms with van der Waals surface area (Å²) in [4.78, 5) is 0. The lowest BCUT2D eigenvalue weighted by Crippen LogP contribution is -2.44.